The molecule has 4 nitrogen and oxygen atoms in total. The van der Waals surface area contributed by atoms with Gasteiger partial charge in [-0.15, -0.1) is 0 Å². The summed E-state index contributed by atoms with van der Waals surface area (Å²) in [4.78, 5) is 16.9. The molecule has 0 saturated carbocycles. The molecule has 1 amide bonds. The Morgan fingerprint density at radius 3 is 2.32 bits per heavy atom. The van der Waals surface area contributed by atoms with Crippen molar-refractivity contribution in [3.63, 3.8) is 0 Å². The molecule has 25 heavy (non-hydrogen) atoms. The van der Waals surface area contributed by atoms with Gasteiger partial charge in [0.05, 0.1) is 0 Å². The molecule has 2 aromatic rings. The van der Waals surface area contributed by atoms with Crippen molar-refractivity contribution in [1.82, 2.24) is 10.2 Å². The summed E-state index contributed by atoms with van der Waals surface area (Å²) in [6, 6.07) is 17.5. The van der Waals surface area contributed by atoms with E-state index in [1.54, 1.807) is 24.3 Å². The minimum absolute atomic E-state index is 0.0365. The van der Waals surface area contributed by atoms with Crippen LogP contribution in [0.2, 0.25) is 5.02 Å². The summed E-state index contributed by atoms with van der Waals surface area (Å²) in [7, 11) is 0. The van der Waals surface area contributed by atoms with E-state index in [0.717, 1.165) is 39.1 Å². The molecule has 0 aliphatic carbocycles. The standard InChI is InChI=1S/C20H24ClN3O/c21-18-9-7-17(8-10-18)20(25)22-11-4-12-23-13-15-24(16-14-23)19-5-2-1-3-6-19/h1-3,5-10H,4,11-16H2,(H,22,25). The first-order valence-electron chi connectivity index (χ1n) is 8.78. The third-order valence-corrected chi connectivity index (χ3v) is 4.79. The zero-order chi connectivity index (χ0) is 17.5. The Bertz CT molecular complexity index is 667. The number of carbonyl (C=O) groups is 1. The van der Waals surface area contributed by atoms with Crippen molar-refractivity contribution in [2.24, 2.45) is 0 Å². The SMILES string of the molecule is O=C(NCCCN1CCN(c2ccccc2)CC1)c1ccc(Cl)cc1. The molecule has 1 aliphatic rings. The van der Waals surface area contributed by atoms with Crippen LogP contribution in [0.5, 0.6) is 0 Å². The smallest absolute Gasteiger partial charge is 0.251 e. The number of anilines is 1. The number of nitrogens with one attached hydrogen (secondary N) is 1. The van der Waals surface area contributed by atoms with E-state index in [1.807, 2.05) is 0 Å². The number of rotatable bonds is 6. The van der Waals surface area contributed by atoms with E-state index in [4.69, 9.17) is 11.6 Å². The van der Waals surface area contributed by atoms with E-state index < -0.39 is 0 Å². The lowest BCUT2D eigenvalue weighted by molar-refractivity contribution is 0.0951. The summed E-state index contributed by atoms with van der Waals surface area (Å²) in [6.07, 6.45) is 0.963. The predicted octanol–water partition coefficient (Wildman–Crippen LogP) is 3.28. The minimum atomic E-state index is -0.0365. The number of hydrogen-bond donors (Lipinski definition) is 1. The van der Waals surface area contributed by atoms with Gasteiger partial charge in [-0.2, -0.15) is 0 Å². The van der Waals surface area contributed by atoms with Crippen molar-refractivity contribution in [2.45, 2.75) is 6.42 Å². The van der Waals surface area contributed by atoms with E-state index in [-0.39, 0.29) is 5.91 Å². The second-order valence-corrected chi connectivity index (χ2v) is 6.72. The second-order valence-electron chi connectivity index (χ2n) is 6.28. The van der Waals surface area contributed by atoms with E-state index in [9.17, 15) is 4.79 Å². The summed E-state index contributed by atoms with van der Waals surface area (Å²) in [6.45, 7) is 5.96. The van der Waals surface area contributed by atoms with E-state index >= 15 is 0 Å². The van der Waals surface area contributed by atoms with E-state index in [2.05, 4.69) is 45.4 Å². The van der Waals surface area contributed by atoms with Crippen LogP contribution in [0, 0.1) is 0 Å². The molecular formula is C20H24ClN3O. The highest BCUT2D eigenvalue weighted by Gasteiger charge is 2.16. The maximum absolute atomic E-state index is 12.0. The van der Waals surface area contributed by atoms with Gasteiger partial charge in [-0.3, -0.25) is 9.69 Å². The molecular weight excluding hydrogens is 334 g/mol. The fourth-order valence-corrected chi connectivity index (χ4v) is 3.20. The average Bonchev–Trinajstić information content (AvgIpc) is 2.67. The van der Waals surface area contributed by atoms with Crippen molar-refractivity contribution in [1.29, 1.82) is 0 Å². The first kappa shape index (κ1) is 17.8. The first-order valence-corrected chi connectivity index (χ1v) is 9.16. The summed E-state index contributed by atoms with van der Waals surface area (Å²) in [5, 5.41) is 3.62. The normalized spacial score (nSPS) is 15.2. The van der Waals surface area contributed by atoms with Gasteiger partial charge in [0.1, 0.15) is 0 Å². The van der Waals surface area contributed by atoms with E-state index in [1.165, 1.54) is 5.69 Å². The number of halogens is 1. The number of hydrogen-bond acceptors (Lipinski definition) is 3. The van der Waals surface area contributed by atoms with Crippen LogP contribution in [0.15, 0.2) is 54.6 Å². The Balaban J connectivity index is 1.34. The number of nitrogens with zero attached hydrogens (tertiary/aromatic N) is 2. The summed E-state index contributed by atoms with van der Waals surface area (Å²) in [5.74, 6) is -0.0365. The van der Waals surface area contributed by atoms with Crippen molar-refractivity contribution in [2.75, 3.05) is 44.2 Å². The topological polar surface area (TPSA) is 35.6 Å². The average molecular weight is 358 g/mol. The highest BCUT2D eigenvalue weighted by Crippen LogP contribution is 2.15. The van der Waals surface area contributed by atoms with Gasteiger partial charge in [-0.1, -0.05) is 29.8 Å². The molecule has 3 rings (SSSR count). The largest absolute Gasteiger partial charge is 0.369 e. The first-order chi connectivity index (χ1) is 12.2. The van der Waals surface area contributed by atoms with Gasteiger partial charge in [-0.25, -0.2) is 0 Å². The lowest BCUT2D eigenvalue weighted by Gasteiger charge is -2.36. The minimum Gasteiger partial charge on any atom is -0.369 e. The molecule has 5 heteroatoms. The van der Waals surface area contributed by atoms with Crippen LogP contribution in [-0.2, 0) is 0 Å². The van der Waals surface area contributed by atoms with Gasteiger partial charge in [0.25, 0.3) is 5.91 Å². The highest BCUT2D eigenvalue weighted by atomic mass is 35.5. The molecule has 0 aromatic heterocycles. The third kappa shape index (κ3) is 5.21. The number of piperazine rings is 1. The van der Waals surface area contributed by atoms with Crippen LogP contribution in [0.1, 0.15) is 16.8 Å². The Kier molecular flexibility index (Phi) is 6.31. The second kappa shape index (κ2) is 8.88. The lowest BCUT2D eigenvalue weighted by Crippen LogP contribution is -2.47. The lowest BCUT2D eigenvalue weighted by atomic mass is 10.2. The van der Waals surface area contributed by atoms with Crippen LogP contribution < -0.4 is 10.2 Å². The van der Waals surface area contributed by atoms with Crippen molar-refractivity contribution in [3.05, 3.63) is 65.2 Å². The molecule has 0 radical (unpaired) electrons. The van der Waals surface area contributed by atoms with Crippen LogP contribution in [0.25, 0.3) is 0 Å². The number of amides is 1. The molecule has 0 atom stereocenters. The Morgan fingerprint density at radius 1 is 0.960 bits per heavy atom. The van der Waals surface area contributed by atoms with Crippen molar-refractivity contribution in [3.8, 4) is 0 Å². The zero-order valence-corrected chi connectivity index (χ0v) is 15.1. The maximum Gasteiger partial charge on any atom is 0.251 e. The monoisotopic (exact) mass is 357 g/mol. The molecule has 0 bridgehead atoms. The molecule has 0 unspecified atom stereocenters. The number of carbonyl (C=O) groups excluding carboxylic acids is 1. The fraction of sp³-hybridized carbons (Fsp3) is 0.350. The van der Waals surface area contributed by atoms with Gasteiger partial charge in [0.15, 0.2) is 0 Å². The Labute approximate surface area is 154 Å². The molecule has 1 N–H and O–H groups in total. The third-order valence-electron chi connectivity index (χ3n) is 4.54. The van der Waals surface area contributed by atoms with Gasteiger partial charge in [0, 0.05) is 49.0 Å². The summed E-state index contributed by atoms with van der Waals surface area (Å²) >= 11 is 5.84. The van der Waals surface area contributed by atoms with Gasteiger partial charge in [-0.05, 0) is 49.4 Å². The van der Waals surface area contributed by atoms with Crippen LogP contribution in [0.4, 0.5) is 5.69 Å². The van der Waals surface area contributed by atoms with E-state index in [0.29, 0.717) is 17.1 Å². The Morgan fingerprint density at radius 2 is 1.64 bits per heavy atom. The molecule has 1 heterocycles. The van der Waals surface area contributed by atoms with Crippen LogP contribution >= 0.6 is 11.6 Å². The number of para-hydroxylation sites is 1. The Hall–Kier alpha value is -2.04. The molecule has 1 fully saturated rings. The van der Waals surface area contributed by atoms with Crippen LogP contribution in [0.3, 0.4) is 0 Å². The van der Waals surface area contributed by atoms with Gasteiger partial charge < -0.3 is 10.2 Å². The fourth-order valence-electron chi connectivity index (χ4n) is 3.08. The maximum atomic E-state index is 12.0. The van der Waals surface area contributed by atoms with Gasteiger partial charge in [0.2, 0.25) is 0 Å². The predicted molar refractivity (Wildman–Crippen MR) is 103 cm³/mol. The molecule has 1 aliphatic heterocycles. The molecule has 132 valence electrons. The van der Waals surface area contributed by atoms with Crippen LogP contribution in [-0.4, -0.2) is 50.1 Å². The van der Waals surface area contributed by atoms with Crippen molar-refractivity contribution < 1.29 is 4.79 Å². The summed E-state index contributed by atoms with van der Waals surface area (Å²) < 4.78 is 0. The molecule has 0 spiro atoms. The molecule has 1 saturated heterocycles. The van der Waals surface area contributed by atoms with Crippen molar-refractivity contribution >= 4 is 23.2 Å². The quantitative estimate of drug-likeness (QED) is 0.806. The highest BCUT2D eigenvalue weighted by molar-refractivity contribution is 6.30. The number of benzene rings is 2. The molecule has 2 aromatic carbocycles. The summed E-state index contributed by atoms with van der Waals surface area (Å²) in [5.41, 5.74) is 1.96. The van der Waals surface area contributed by atoms with Gasteiger partial charge >= 0.3 is 0 Å². The zero-order valence-electron chi connectivity index (χ0n) is 14.3.